The van der Waals surface area contributed by atoms with Crippen molar-refractivity contribution in [2.45, 2.75) is 78.2 Å². The Kier molecular flexibility index (Phi) is 6.25. The lowest BCUT2D eigenvalue weighted by Crippen LogP contribution is -2.59. The number of nitrogens with zero attached hydrogens (tertiary/aromatic N) is 1. The maximum Gasteiger partial charge on any atom is 0.325 e. The highest BCUT2D eigenvalue weighted by Crippen LogP contribution is 2.42. The summed E-state index contributed by atoms with van der Waals surface area (Å²) in [4.78, 5) is 40.1. The second-order valence-corrected chi connectivity index (χ2v) is 9.59. The monoisotopic (exact) mass is 413 g/mol. The first kappa shape index (κ1) is 22.3. The number of amides is 4. The lowest BCUT2D eigenvalue weighted by atomic mass is 9.67. The van der Waals surface area contributed by atoms with Crippen molar-refractivity contribution < 1.29 is 14.4 Å². The average Bonchev–Trinajstić information content (AvgIpc) is 2.91. The molecule has 1 aliphatic carbocycles. The zero-order valence-electron chi connectivity index (χ0n) is 19.0. The van der Waals surface area contributed by atoms with Crippen LogP contribution in [0.3, 0.4) is 0 Å². The number of rotatable bonds is 5. The van der Waals surface area contributed by atoms with Gasteiger partial charge >= 0.3 is 6.03 Å². The number of carbonyl (C=O) groups excluding carboxylic acids is 3. The largest absolute Gasteiger partial charge is 0.325 e. The standard InChI is InChI=1S/C24H35N3O3/c1-14(2)18-11-8-12-19(15(3)4)21(18)25-20(28)13-27-22(29)24(26-23(27)30)16(5)9-7-10-17(24)6/h8,11-12,14-17H,7,9-10,13H2,1-6H3,(H,25,28)(H,26,30). The quantitative estimate of drug-likeness (QED) is 0.692. The SMILES string of the molecule is CC(C)c1cccc(C(C)C)c1NC(=O)CN1C(=O)NC2(C1=O)C(C)CCCC2C. The van der Waals surface area contributed by atoms with Gasteiger partial charge in [-0.2, -0.15) is 0 Å². The number of hydrogen-bond acceptors (Lipinski definition) is 3. The van der Waals surface area contributed by atoms with Crippen LogP contribution in [0.25, 0.3) is 0 Å². The van der Waals surface area contributed by atoms with E-state index in [1.807, 2.05) is 32.0 Å². The fourth-order valence-corrected chi connectivity index (χ4v) is 5.11. The lowest BCUT2D eigenvalue weighted by molar-refractivity contribution is -0.138. The third kappa shape index (κ3) is 3.72. The topological polar surface area (TPSA) is 78.5 Å². The van der Waals surface area contributed by atoms with E-state index < -0.39 is 11.6 Å². The molecule has 0 radical (unpaired) electrons. The summed E-state index contributed by atoms with van der Waals surface area (Å²) in [6.07, 6.45) is 2.85. The Labute approximate surface area is 179 Å². The molecule has 0 bridgehead atoms. The van der Waals surface area contributed by atoms with E-state index >= 15 is 0 Å². The van der Waals surface area contributed by atoms with E-state index in [1.165, 1.54) is 0 Å². The molecule has 2 atom stereocenters. The van der Waals surface area contributed by atoms with Crippen LogP contribution in [0.1, 0.15) is 83.8 Å². The van der Waals surface area contributed by atoms with Crippen LogP contribution in [-0.4, -0.2) is 34.8 Å². The van der Waals surface area contributed by atoms with Crippen LogP contribution in [0.15, 0.2) is 18.2 Å². The van der Waals surface area contributed by atoms with E-state index in [4.69, 9.17) is 0 Å². The number of imide groups is 1. The van der Waals surface area contributed by atoms with Gasteiger partial charge in [-0.1, -0.05) is 66.2 Å². The second-order valence-electron chi connectivity index (χ2n) is 9.59. The molecule has 2 N–H and O–H groups in total. The maximum atomic E-state index is 13.3. The normalized spacial score (nSPS) is 26.6. The molecule has 164 valence electrons. The zero-order valence-corrected chi connectivity index (χ0v) is 19.0. The molecule has 1 heterocycles. The van der Waals surface area contributed by atoms with Crippen molar-refractivity contribution in [3.63, 3.8) is 0 Å². The van der Waals surface area contributed by atoms with Gasteiger partial charge in [-0.15, -0.1) is 0 Å². The highest BCUT2D eigenvalue weighted by Gasteiger charge is 2.58. The first-order valence-corrected chi connectivity index (χ1v) is 11.2. The molecule has 1 aromatic carbocycles. The summed E-state index contributed by atoms with van der Waals surface area (Å²) < 4.78 is 0. The fourth-order valence-electron chi connectivity index (χ4n) is 5.11. The molecule has 1 spiro atoms. The molecule has 30 heavy (non-hydrogen) atoms. The molecule has 6 heteroatoms. The summed E-state index contributed by atoms with van der Waals surface area (Å²) in [6.45, 7) is 12.1. The Bertz CT molecular complexity index is 810. The van der Waals surface area contributed by atoms with E-state index in [0.717, 1.165) is 41.0 Å². The van der Waals surface area contributed by atoms with Gasteiger partial charge in [0.25, 0.3) is 5.91 Å². The molecule has 3 rings (SSSR count). The van der Waals surface area contributed by atoms with E-state index in [9.17, 15) is 14.4 Å². The average molecular weight is 414 g/mol. The van der Waals surface area contributed by atoms with Crippen LogP contribution in [0.2, 0.25) is 0 Å². The van der Waals surface area contributed by atoms with Crippen molar-refractivity contribution >= 4 is 23.5 Å². The number of nitrogens with one attached hydrogen (secondary N) is 2. The predicted molar refractivity (Wildman–Crippen MR) is 118 cm³/mol. The highest BCUT2D eigenvalue weighted by atomic mass is 16.2. The van der Waals surface area contributed by atoms with Gasteiger partial charge < -0.3 is 10.6 Å². The Morgan fingerprint density at radius 1 is 1.10 bits per heavy atom. The Morgan fingerprint density at radius 3 is 2.13 bits per heavy atom. The molecule has 1 saturated heterocycles. The van der Waals surface area contributed by atoms with Crippen LogP contribution >= 0.6 is 0 Å². The molecule has 2 aliphatic rings. The van der Waals surface area contributed by atoms with E-state index in [-0.39, 0.29) is 42.0 Å². The predicted octanol–water partition coefficient (Wildman–Crippen LogP) is 4.62. The van der Waals surface area contributed by atoms with Crippen molar-refractivity contribution in [3.8, 4) is 0 Å². The van der Waals surface area contributed by atoms with E-state index in [2.05, 4.69) is 38.3 Å². The molecule has 2 unspecified atom stereocenters. The molecule has 1 aliphatic heterocycles. The van der Waals surface area contributed by atoms with Crippen LogP contribution in [-0.2, 0) is 9.59 Å². The molecular formula is C24H35N3O3. The number of benzene rings is 1. The maximum absolute atomic E-state index is 13.3. The molecule has 1 aromatic rings. The number of urea groups is 1. The minimum Gasteiger partial charge on any atom is -0.324 e. The van der Waals surface area contributed by atoms with Gasteiger partial charge in [-0.25, -0.2) is 4.79 Å². The van der Waals surface area contributed by atoms with Crippen LogP contribution < -0.4 is 10.6 Å². The minimum atomic E-state index is -0.880. The number of carbonyl (C=O) groups is 3. The third-order valence-corrected chi connectivity index (χ3v) is 6.93. The van der Waals surface area contributed by atoms with Crippen molar-refractivity contribution in [2.24, 2.45) is 11.8 Å². The van der Waals surface area contributed by atoms with Gasteiger partial charge in [0.1, 0.15) is 12.1 Å². The molecule has 0 aromatic heterocycles. The Morgan fingerprint density at radius 2 is 1.63 bits per heavy atom. The summed E-state index contributed by atoms with van der Waals surface area (Å²) >= 11 is 0. The Balaban J connectivity index is 1.82. The summed E-state index contributed by atoms with van der Waals surface area (Å²) in [5.74, 6) is -0.0176. The van der Waals surface area contributed by atoms with Crippen LogP contribution in [0.4, 0.5) is 10.5 Å². The van der Waals surface area contributed by atoms with Gasteiger partial charge in [0, 0.05) is 5.69 Å². The van der Waals surface area contributed by atoms with Crippen LogP contribution in [0.5, 0.6) is 0 Å². The summed E-state index contributed by atoms with van der Waals surface area (Å²) in [7, 11) is 0. The summed E-state index contributed by atoms with van der Waals surface area (Å²) in [5.41, 5.74) is 2.03. The zero-order chi connectivity index (χ0) is 22.2. The van der Waals surface area contributed by atoms with E-state index in [1.54, 1.807) is 0 Å². The summed E-state index contributed by atoms with van der Waals surface area (Å²) in [5, 5.41) is 5.97. The number of anilines is 1. The highest BCUT2D eigenvalue weighted by molar-refractivity contribution is 6.10. The van der Waals surface area contributed by atoms with Crippen LogP contribution in [0, 0.1) is 11.8 Å². The van der Waals surface area contributed by atoms with Crippen molar-refractivity contribution in [3.05, 3.63) is 29.3 Å². The van der Waals surface area contributed by atoms with Gasteiger partial charge in [0.05, 0.1) is 0 Å². The van der Waals surface area contributed by atoms with Gasteiger partial charge in [-0.3, -0.25) is 14.5 Å². The lowest BCUT2D eigenvalue weighted by Gasteiger charge is -2.42. The molecule has 1 saturated carbocycles. The molecular weight excluding hydrogens is 378 g/mol. The Hall–Kier alpha value is -2.37. The minimum absolute atomic E-state index is 0.0555. The molecule has 4 amide bonds. The first-order valence-electron chi connectivity index (χ1n) is 11.2. The molecule has 6 nitrogen and oxygen atoms in total. The first-order chi connectivity index (χ1) is 14.1. The van der Waals surface area contributed by atoms with Crippen molar-refractivity contribution in [1.29, 1.82) is 0 Å². The van der Waals surface area contributed by atoms with Gasteiger partial charge in [-0.05, 0) is 47.6 Å². The third-order valence-electron chi connectivity index (χ3n) is 6.93. The smallest absolute Gasteiger partial charge is 0.324 e. The van der Waals surface area contributed by atoms with Crippen molar-refractivity contribution in [1.82, 2.24) is 10.2 Å². The number of hydrogen-bond donors (Lipinski definition) is 2. The molecule has 2 fully saturated rings. The van der Waals surface area contributed by atoms with Crippen molar-refractivity contribution in [2.75, 3.05) is 11.9 Å². The van der Waals surface area contributed by atoms with Gasteiger partial charge in [0.15, 0.2) is 0 Å². The second kappa shape index (κ2) is 8.40. The number of para-hydroxylation sites is 1. The summed E-state index contributed by atoms with van der Waals surface area (Å²) in [6, 6.07) is 5.57. The van der Waals surface area contributed by atoms with Gasteiger partial charge in [0.2, 0.25) is 5.91 Å². The van der Waals surface area contributed by atoms with E-state index in [0.29, 0.717) is 0 Å². The fraction of sp³-hybridized carbons (Fsp3) is 0.625.